The molecule has 0 saturated carbocycles. The van der Waals surface area contributed by atoms with Crippen molar-refractivity contribution in [1.82, 2.24) is 10.6 Å². The van der Waals surface area contributed by atoms with Gasteiger partial charge < -0.3 is 15.7 Å². The summed E-state index contributed by atoms with van der Waals surface area (Å²) in [5, 5.41) is 13.5. The van der Waals surface area contributed by atoms with Gasteiger partial charge in [0.05, 0.1) is 12.5 Å². The lowest BCUT2D eigenvalue weighted by molar-refractivity contribution is -0.128. The molecule has 3 N–H and O–H groups in total. The molecule has 1 heterocycles. The van der Waals surface area contributed by atoms with Gasteiger partial charge in [0.15, 0.2) is 0 Å². The van der Waals surface area contributed by atoms with Gasteiger partial charge in [0, 0.05) is 6.04 Å². The smallest absolute Gasteiger partial charge is 0.287 e. The third kappa shape index (κ3) is 3.39. The third-order valence-corrected chi connectivity index (χ3v) is 2.61. The Morgan fingerprint density at radius 2 is 2.33 bits per heavy atom. The van der Waals surface area contributed by atoms with Gasteiger partial charge in [-0.15, -0.1) is 0 Å². The number of hydrogen-bond donors (Lipinski definition) is 3. The maximum absolute atomic E-state index is 12.6. The van der Waals surface area contributed by atoms with Crippen LogP contribution in [0.1, 0.15) is 13.3 Å². The number of carbonyl (C=O) groups excluding carboxylic acids is 1. The highest BCUT2D eigenvalue weighted by atomic mass is 19.3. The first-order valence-corrected chi connectivity index (χ1v) is 4.96. The van der Waals surface area contributed by atoms with Gasteiger partial charge in [-0.3, -0.25) is 4.79 Å². The van der Waals surface area contributed by atoms with Crippen LogP contribution < -0.4 is 10.6 Å². The average molecular weight is 222 g/mol. The fourth-order valence-corrected chi connectivity index (χ4v) is 1.62. The van der Waals surface area contributed by atoms with Crippen LogP contribution in [0.15, 0.2) is 0 Å². The topological polar surface area (TPSA) is 61.4 Å². The van der Waals surface area contributed by atoms with E-state index in [0.717, 1.165) is 6.54 Å². The van der Waals surface area contributed by atoms with Crippen molar-refractivity contribution in [2.45, 2.75) is 25.3 Å². The van der Waals surface area contributed by atoms with Gasteiger partial charge >= 0.3 is 0 Å². The van der Waals surface area contributed by atoms with E-state index in [2.05, 4.69) is 10.6 Å². The monoisotopic (exact) mass is 222 g/mol. The van der Waals surface area contributed by atoms with Crippen molar-refractivity contribution in [2.75, 3.05) is 19.7 Å². The van der Waals surface area contributed by atoms with Crippen molar-refractivity contribution in [1.29, 1.82) is 0 Å². The molecule has 2 atom stereocenters. The normalized spacial score (nSPS) is 26.7. The molecule has 4 nitrogen and oxygen atoms in total. The lowest BCUT2D eigenvalue weighted by Crippen LogP contribution is -2.43. The molecule has 1 amide bonds. The molecular formula is C9H16F2N2O2. The zero-order valence-corrected chi connectivity index (χ0v) is 8.59. The van der Waals surface area contributed by atoms with Crippen molar-refractivity contribution in [2.24, 2.45) is 5.92 Å². The van der Waals surface area contributed by atoms with Gasteiger partial charge in [0.25, 0.3) is 5.92 Å². The molecule has 0 aromatic rings. The minimum Gasteiger partial charge on any atom is -0.390 e. The molecule has 0 aliphatic carbocycles. The fraction of sp³-hybridized carbons (Fsp3) is 0.889. The third-order valence-electron chi connectivity index (χ3n) is 2.61. The summed E-state index contributed by atoms with van der Waals surface area (Å²) in [5.74, 6) is -3.86. The molecule has 1 rings (SSSR count). The first-order chi connectivity index (χ1) is 6.96. The average Bonchev–Trinajstić information content (AvgIpc) is 2.61. The molecule has 1 saturated heterocycles. The highest BCUT2D eigenvalue weighted by Gasteiger charge is 2.33. The SMILES string of the molecule is CC1NCCC1C(=O)NCC(F)(F)CO. The van der Waals surface area contributed by atoms with E-state index in [0.29, 0.717) is 6.42 Å². The number of rotatable bonds is 4. The van der Waals surface area contributed by atoms with Crippen LogP contribution in [-0.4, -0.2) is 42.7 Å². The van der Waals surface area contributed by atoms with Crippen LogP contribution in [0.25, 0.3) is 0 Å². The van der Waals surface area contributed by atoms with Crippen LogP contribution in [0.5, 0.6) is 0 Å². The number of alkyl halides is 2. The lowest BCUT2D eigenvalue weighted by atomic mass is 10.0. The van der Waals surface area contributed by atoms with Crippen molar-refractivity contribution in [3.63, 3.8) is 0 Å². The van der Waals surface area contributed by atoms with E-state index in [4.69, 9.17) is 5.11 Å². The number of nitrogens with one attached hydrogen (secondary N) is 2. The number of amides is 1. The molecule has 1 aliphatic rings. The first-order valence-electron chi connectivity index (χ1n) is 4.96. The predicted molar refractivity (Wildman–Crippen MR) is 50.6 cm³/mol. The highest BCUT2D eigenvalue weighted by molar-refractivity contribution is 5.79. The molecule has 0 radical (unpaired) electrons. The maximum Gasteiger partial charge on any atom is 0.287 e. The highest BCUT2D eigenvalue weighted by Crippen LogP contribution is 2.16. The van der Waals surface area contributed by atoms with Gasteiger partial charge in [0.1, 0.15) is 6.61 Å². The Hall–Kier alpha value is -0.750. The number of hydrogen-bond acceptors (Lipinski definition) is 3. The van der Waals surface area contributed by atoms with E-state index in [9.17, 15) is 13.6 Å². The van der Waals surface area contributed by atoms with E-state index in [-0.39, 0.29) is 17.9 Å². The summed E-state index contributed by atoms with van der Waals surface area (Å²) in [6, 6.07) is 0.0211. The quantitative estimate of drug-likeness (QED) is 0.613. The standard InChI is InChI=1S/C9H16F2N2O2/c1-6-7(2-3-12-6)8(15)13-4-9(10,11)5-14/h6-7,12,14H,2-5H2,1H3,(H,13,15). The number of aliphatic hydroxyl groups excluding tert-OH is 1. The Labute approximate surface area is 87.0 Å². The minimum absolute atomic E-state index is 0.0211. The van der Waals surface area contributed by atoms with Crippen molar-refractivity contribution < 1.29 is 18.7 Å². The van der Waals surface area contributed by atoms with Crippen LogP contribution in [0.4, 0.5) is 8.78 Å². The molecule has 6 heteroatoms. The summed E-state index contributed by atoms with van der Waals surface area (Å²) < 4.78 is 25.2. The van der Waals surface area contributed by atoms with Crippen LogP contribution >= 0.6 is 0 Å². The summed E-state index contributed by atoms with van der Waals surface area (Å²) in [5.41, 5.74) is 0. The molecule has 0 bridgehead atoms. The number of carbonyl (C=O) groups is 1. The van der Waals surface area contributed by atoms with E-state index in [1.54, 1.807) is 0 Å². The zero-order chi connectivity index (χ0) is 11.5. The van der Waals surface area contributed by atoms with Gasteiger partial charge in [-0.05, 0) is 19.9 Å². The molecule has 88 valence electrons. The number of halogens is 2. The Bertz CT molecular complexity index is 236. The number of aliphatic hydroxyl groups is 1. The predicted octanol–water partition coefficient (Wildman–Crippen LogP) is -0.272. The van der Waals surface area contributed by atoms with Crippen molar-refractivity contribution >= 4 is 5.91 Å². The second kappa shape index (κ2) is 4.85. The maximum atomic E-state index is 12.6. The summed E-state index contributed by atoms with van der Waals surface area (Å²) in [4.78, 5) is 11.5. The summed E-state index contributed by atoms with van der Waals surface area (Å²) >= 11 is 0. The Morgan fingerprint density at radius 1 is 1.67 bits per heavy atom. The van der Waals surface area contributed by atoms with Crippen LogP contribution in [0, 0.1) is 5.92 Å². The molecule has 0 aromatic heterocycles. The zero-order valence-electron chi connectivity index (χ0n) is 8.59. The second-order valence-corrected chi connectivity index (χ2v) is 3.87. The van der Waals surface area contributed by atoms with Crippen LogP contribution in [-0.2, 0) is 4.79 Å². The molecule has 1 aliphatic heterocycles. The fourth-order valence-electron chi connectivity index (χ4n) is 1.62. The molecular weight excluding hydrogens is 206 g/mol. The van der Waals surface area contributed by atoms with Crippen molar-refractivity contribution in [3.05, 3.63) is 0 Å². The Kier molecular flexibility index (Phi) is 3.98. The molecule has 0 aromatic carbocycles. The first kappa shape index (κ1) is 12.3. The molecule has 0 spiro atoms. The van der Waals surface area contributed by atoms with Crippen molar-refractivity contribution in [3.8, 4) is 0 Å². The lowest BCUT2D eigenvalue weighted by Gasteiger charge is -2.18. The van der Waals surface area contributed by atoms with E-state index >= 15 is 0 Å². The summed E-state index contributed by atoms with van der Waals surface area (Å²) in [6.07, 6.45) is 0.664. The minimum atomic E-state index is -3.23. The largest absolute Gasteiger partial charge is 0.390 e. The van der Waals surface area contributed by atoms with Gasteiger partial charge in [-0.2, -0.15) is 0 Å². The van der Waals surface area contributed by atoms with Crippen LogP contribution in [0.2, 0.25) is 0 Å². The van der Waals surface area contributed by atoms with Crippen LogP contribution in [0.3, 0.4) is 0 Å². The molecule has 15 heavy (non-hydrogen) atoms. The summed E-state index contributed by atoms with van der Waals surface area (Å²) in [7, 11) is 0. The van der Waals surface area contributed by atoms with Gasteiger partial charge in [-0.25, -0.2) is 8.78 Å². The molecule has 1 fully saturated rings. The summed E-state index contributed by atoms with van der Waals surface area (Å²) in [6.45, 7) is 0.536. The van der Waals surface area contributed by atoms with Gasteiger partial charge in [-0.1, -0.05) is 0 Å². The Balaban J connectivity index is 2.36. The molecule has 2 unspecified atom stereocenters. The Morgan fingerprint density at radius 3 is 2.80 bits per heavy atom. The van der Waals surface area contributed by atoms with E-state index < -0.39 is 19.1 Å². The second-order valence-electron chi connectivity index (χ2n) is 3.87. The van der Waals surface area contributed by atoms with Gasteiger partial charge in [0.2, 0.25) is 5.91 Å². The van der Waals surface area contributed by atoms with E-state index in [1.807, 2.05) is 6.92 Å². The van der Waals surface area contributed by atoms with E-state index in [1.165, 1.54) is 0 Å².